The molecule has 2 aromatic carbocycles. The molecule has 0 spiro atoms. The molecular weight excluding hydrogens is 476 g/mol. The van der Waals surface area contributed by atoms with Crippen molar-refractivity contribution in [1.29, 1.82) is 0 Å². The van der Waals surface area contributed by atoms with Crippen molar-refractivity contribution in [2.24, 2.45) is 5.73 Å². The van der Waals surface area contributed by atoms with Gasteiger partial charge in [-0.1, -0.05) is 30.8 Å². The maximum atomic E-state index is 11.7. The summed E-state index contributed by atoms with van der Waals surface area (Å²) in [7, 11) is 4.05. The zero-order chi connectivity index (χ0) is 28.2. The number of nitro groups is 2. The lowest BCUT2D eigenvalue weighted by Gasteiger charge is -2.07. The number of aliphatic hydroxyl groups is 1. The number of hydrogen-bond donors (Lipinski definition) is 2. The van der Waals surface area contributed by atoms with Gasteiger partial charge in [0.25, 0.3) is 17.3 Å². The molecule has 0 saturated carbocycles. The molecule has 1 aliphatic heterocycles. The van der Waals surface area contributed by atoms with Gasteiger partial charge in [-0.25, -0.2) is 4.79 Å². The molecule has 1 amide bonds. The van der Waals surface area contributed by atoms with Crippen molar-refractivity contribution >= 4 is 34.7 Å². The first-order valence-electron chi connectivity index (χ1n) is 10.3. The Labute approximate surface area is 207 Å². The predicted molar refractivity (Wildman–Crippen MR) is 132 cm³/mol. The highest BCUT2D eigenvalue weighted by Gasteiger charge is 2.34. The van der Waals surface area contributed by atoms with Crippen LogP contribution in [-0.2, 0) is 4.74 Å². The van der Waals surface area contributed by atoms with Crippen LogP contribution in [0.2, 0.25) is 0 Å². The number of carbonyl (C=O) groups excluding carboxylic acids is 3. The number of nitro benzene ring substituents is 2. The standard InChI is InChI=1S/C11H11NO5.C10H8N2O3.CH5N.CH4O/c1-3-17-11(14)10-8(7(2)13)5-4-6-9(10)12(15)16;1-6-7-4-3-5-8(12(14)15)9(7)10(13)11(6)2;2*1-2/h4-6H,3H2,1-2H3;3-5H,1H2,2H3;2H2,1H3;2H,1H3. The Hall–Kier alpha value is -4.49. The molecule has 1 aliphatic rings. The predicted octanol–water partition coefficient (Wildman–Crippen LogP) is 2.81. The number of amides is 1. The number of esters is 1. The Morgan fingerprint density at radius 1 is 1.06 bits per heavy atom. The summed E-state index contributed by atoms with van der Waals surface area (Å²) in [5.41, 5.74) is 4.80. The number of rotatable bonds is 5. The summed E-state index contributed by atoms with van der Waals surface area (Å²) in [6.45, 7) is 6.62. The molecule has 13 heteroatoms. The minimum atomic E-state index is -0.856. The molecule has 3 rings (SSSR count). The van der Waals surface area contributed by atoms with Crippen LogP contribution in [0.25, 0.3) is 5.70 Å². The molecule has 0 fully saturated rings. The minimum Gasteiger partial charge on any atom is -0.462 e. The van der Waals surface area contributed by atoms with E-state index in [0.29, 0.717) is 11.3 Å². The molecule has 13 nitrogen and oxygen atoms in total. The summed E-state index contributed by atoms with van der Waals surface area (Å²) in [5.74, 6) is -1.65. The molecule has 194 valence electrons. The summed E-state index contributed by atoms with van der Waals surface area (Å²) in [6.07, 6.45) is 0. The van der Waals surface area contributed by atoms with Crippen LogP contribution in [0.5, 0.6) is 0 Å². The number of hydrogen-bond acceptors (Lipinski definition) is 10. The first kappa shape index (κ1) is 31.5. The largest absolute Gasteiger partial charge is 0.462 e. The molecule has 1 heterocycles. The number of fused-ring (bicyclic) bond motifs is 1. The molecule has 0 saturated heterocycles. The summed E-state index contributed by atoms with van der Waals surface area (Å²) in [5, 5.41) is 28.5. The fourth-order valence-electron chi connectivity index (χ4n) is 3.03. The SMILES string of the molecule is C=C1c2cccc([N+](=O)[O-])c2C(=O)N1C.CCOC(=O)c1c(C(C)=O)cccc1[N+](=O)[O-].CN.CO. The van der Waals surface area contributed by atoms with Gasteiger partial charge in [0.1, 0.15) is 11.1 Å². The van der Waals surface area contributed by atoms with E-state index in [1.165, 1.54) is 43.1 Å². The number of aliphatic hydroxyl groups excluding tert-OH is 1. The monoisotopic (exact) mass is 504 g/mol. The molecule has 0 bridgehead atoms. The summed E-state index contributed by atoms with van der Waals surface area (Å²) in [4.78, 5) is 56.2. The van der Waals surface area contributed by atoms with Gasteiger partial charge in [-0.3, -0.25) is 29.8 Å². The molecular formula is C23H28N4O9. The quantitative estimate of drug-likeness (QED) is 0.264. The second-order valence-electron chi connectivity index (χ2n) is 6.50. The highest BCUT2D eigenvalue weighted by Crippen LogP contribution is 2.35. The summed E-state index contributed by atoms with van der Waals surface area (Å²) >= 11 is 0. The fourth-order valence-corrected chi connectivity index (χ4v) is 3.03. The fraction of sp³-hybridized carbons (Fsp3) is 0.261. The van der Waals surface area contributed by atoms with Gasteiger partial charge in [-0.15, -0.1) is 0 Å². The highest BCUT2D eigenvalue weighted by atomic mass is 16.6. The minimum absolute atomic E-state index is 0.00218. The number of Topliss-reactive ketones (excluding diaryl/α,β-unsaturated/α-hetero) is 1. The molecule has 3 N–H and O–H groups in total. The first-order valence-corrected chi connectivity index (χ1v) is 10.3. The van der Waals surface area contributed by atoms with Gasteiger partial charge in [0.2, 0.25) is 0 Å². The number of ether oxygens (including phenoxy) is 1. The van der Waals surface area contributed by atoms with E-state index in [0.717, 1.165) is 7.11 Å². The Bertz CT molecular complexity index is 1130. The molecule has 36 heavy (non-hydrogen) atoms. The third-order valence-corrected chi connectivity index (χ3v) is 4.57. The van der Waals surface area contributed by atoms with E-state index in [1.807, 2.05) is 0 Å². The smallest absolute Gasteiger partial charge is 0.345 e. The van der Waals surface area contributed by atoms with Crippen LogP contribution in [0.1, 0.15) is 50.5 Å². The van der Waals surface area contributed by atoms with E-state index >= 15 is 0 Å². The van der Waals surface area contributed by atoms with Gasteiger partial charge < -0.3 is 20.5 Å². The first-order chi connectivity index (χ1) is 17.0. The molecule has 0 unspecified atom stereocenters. The number of nitrogens with two attached hydrogens (primary N) is 1. The van der Waals surface area contributed by atoms with Gasteiger partial charge >= 0.3 is 5.97 Å². The van der Waals surface area contributed by atoms with Crippen LogP contribution in [-0.4, -0.2) is 65.3 Å². The van der Waals surface area contributed by atoms with E-state index < -0.39 is 27.3 Å². The van der Waals surface area contributed by atoms with Gasteiger partial charge in [0.15, 0.2) is 5.78 Å². The van der Waals surface area contributed by atoms with Crippen molar-refractivity contribution in [2.45, 2.75) is 13.8 Å². The Morgan fingerprint density at radius 3 is 2.03 bits per heavy atom. The Morgan fingerprint density at radius 2 is 1.56 bits per heavy atom. The van der Waals surface area contributed by atoms with Gasteiger partial charge in [0, 0.05) is 43.1 Å². The van der Waals surface area contributed by atoms with Crippen molar-refractivity contribution in [1.82, 2.24) is 4.90 Å². The van der Waals surface area contributed by atoms with E-state index in [-0.39, 0.29) is 34.9 Å². The lowest BCUT2D eigenvalue weighted by atomic mass is 10.0. The average Bonchev–Trinajstić information content (AvgIpc) is 3.10. The molecule has 0 aliphatic carbocycles. The van der Waals surface area contributed by atoms with Crippen LogP contribution < -0.4 is 5.73 Å². The molecule has 2 aromatic rings. The van der Waals surface area contributed by atoms with Gasteiger partial charge in [-0.05, 0) is 20.9 Å². The van der Waals surface area contributed by atoms with Crippen molar-refractivity contribution in [2.75, 3.05) is 27.8 Å². The summed E-state index contributed by atoms with van der Waals surface area (Å²) in [6, 6.07) is 8.42. The van der Waals surface area contributed by atoms with Gasteiger partial charge in [0.05, 0.1) is 16.5 Å². The number of ketones is 1. The Balaban J connectivity index is 0.000000600. The molecule has 0 aromatic heterocycles. The lowest BCUT2D eigenvalue weighted by Crippen LogP contribution is -2.17. The average molecular weight is 504 g/mol. The molecule has 0 atom stereocenters. The maximum absolute atomic E-state index is 11.7. The van der Waals surface area contributed by atoms with Crippen LogP contribution in [0.15, 0.2) is 43.0 Å². The van der Waals surface area contributed by atoms with Crippen molar-refractivity contribution in [3.05, 3.63) is 85.5 Å². The molecule has 0 radical (unpaired) electrons. The Kier molecular flexibility index (Phi) is 12.9. The van der Waals surface area contributed by atoms with Gasteiger partial charge in [-0.2, -0.15) is 0 Å². The van der Waals surface area contributed by atoms with Crippen LogP contribution >= 0.6 is 0 Å². The maximum Gasteiger partial charge on any atom is 0.345 e. The van der Waals surface area contributed by atoms with E-state index in [9.17, 15) is 34.6 Å². The number of carbonyl (C=O) groups is 3. The number of nitrogens with zero attached hydrogens (tertiary/aromatic N) is 3. The van der Waals surface area contributed by atoms with Crippen molar-refractivity contribution < 1.29 is 34.1 Å². The zero-order valence-electron chi connectivity index (χ0n) is 20.5. The second kappa shape index (κ2) is 14.7. The second-order valence-corrected chi connectivity index (χ2v) is 6.50. The zero-order valence-corrected chi connectivity index (χ0v) is 20.5. The van der Waals surface area contributed by atoms with E-state index in [2.05, 4.69) is 12.3 Å². The highest BCUT2D eigenvalue weighted by molar-refractivity contribution is 6.11. The van der Waals surface area contributed by atoms with E-state index in [1.54, 1.807) is 26.1 Å². The topological polar surface area (TPSA) is 196 Å². The van der Waals surface area contributed by atoms with E-state index in [4.69, 9.17) is 9.84 Å². The number of benzene rings is 2. The van der Waals surface area contributed by atoms with Crippen molar-refractivity contribution in [3.63, 3.8) is 0 Å². The third-order valence-electron chi connectivity index (χ3n) is 4.57. The summed E-state index contributed by atoms with van der Waals surface area (Å²) < 4.78 is 4.71. The van der Waals surface area contributed by atoms with Crippen LogP contribution in [0, 0.1) is 20.2 Å². The van der Waals surface area contributed by atoms with Crippen molar-refractivity contribution in [3.8, 4) is 0 Å². The van der Waals surface area contributed by atoms with Crippen LogP contribution in [0.4, 0.5) is 11.4 Å². The third kappa shape index (κ3) is 7.01. The normalized spacial score (nSPS) is 10.9. The lowest BCUT2D eigenvalue weighted by molar-refractivity contribution is -0.385. The van der Waals surface area contributed by atoms with Crippen LogP contribution in [0.3, 0.4) is 0 Å².